The fourth-order valence-electron chi connectivity index (χ4n) is 2.77. The molecule has 1 heterocycles. The van der Waals surface area contributed by atoms with Crippen LogP contribution in [0.3, 0.4) is 0 Å². The number of benzene rings is 2. The first kappa shape index (κ1) is 11.3. The lowest BCUT2D eigenvalue weighted by Gasteiger charge is -2.36. The Bertz CT molecular complexity index is 536. The highest BCUT2D eigenvalue weighted by Crippen LogP contribution is 2.35. The topological polar surface area (TPSA) is 38.0 Å². The van der Waals surface area contributed by atoms with E-state index in [0.29, 0.717) is 0 Å². The molecule has 1 aliphatic rings. The molecule has 92 valence electrons. The van der Waals surface area contributed by atoms with E-state index in [4.69, 9.17) is 5.73 Å². The zero-order valence-electron chi connectivity index (χ0n) is 10.4. The van der Waals surface area contributed by atoms with E-state index in [1.165, 1.54) is 16.8 Å². The van der Waals surface area contributed by atoms with Crippen molar-refractivity contribution in [3.63, 3.8) is 0 Å². The Balaban J connectivity index is 1.96. The molecule has 0 saturated heterocycles. The first-order chi connectivity index (χ1) is 8.78. The van der Waals surface area contributed by atoms with Crippen molar-refractivity contribution in [3.05, 3.63) is 65.7 Å². The molecule has 18 heavy (non-hydrogen) atoms. The van der Waals surface area contributed by atoms with Gasteiger partial charge in [0.2, 0.25) is 0 Å². The lowest BCUT2D eigenvalue weighted by atomic mass is 9.79. The van der Waals surface area contributed by atoms with Crippen LogP contribution in [0.5, 0.6) is 0 Å². The summed E-state index contributed by atoms with van der Waals surface area (Å²) in [5, 5.41) is 3.42. The zero-order chi connectivity index (χ0) is 12.4. The second kappa shape index (κ2) is 4.46. The van der Waals surface area contributed by atoms with Crippen LogP contribution in [0.25, 0.3) is 0 Å². The zero-order valence-corrected chi connectivity index (χ0v) is 10.4. The van der Waals surface area contributed by atoms with Crippen LogP contribution >= 0.6 is 0 Å². The number of fused-ring (bicyclic) bond motifs is 1. The van der Waals surface area contributed by atoms with E-state index in [1.807, 2.05) is 6.07 Å². The quantitative estimate of drug-likeness (QED) is 0.844. The molecule has 2 aromatic rings. The SMILES string of the molecule is NC1(Cc2ccccc2)CCNc2ccccc21. The summed E-state index contributed by atoms with van der Waals surface area (Å²) < 4.78 is 0. The van der Waals surface area contributed by atoms with Crippen molar-refractivity contribution in [1.29, 1.82) is 0 Å². The van der Waals surface area contributed by atoms with Gasteiger partial charge in [0.25, 0.3) is 0 Å². The van der Waals surface area contributed by atoms with Crippen molar-refractivity contribution < 1.29 is 0 Å². The van der Waals surface area contributed by atoms with Crippen molar-refractivity contribution in [3.8, 4) is 0 Å². The number of rotatable bonds is 2. The molecule has 0 aliphatic carbocycles. The molecule has 0 radical (unpaired) electrons. The Labute approximate surface area is 108 Å². The predicted octanol–water partition coefficient (Wildman–Crippen LogP) is 2.90. The van der Waals surface area contributed by atoms with E-state index in [1.54, 1.807) is 0 Å². The number of para-hydroxylation sites is 1. The molecule has 0 fully saturated rings. The summed E-state index contributed by atoms with van der Waals surface area (Å²) in [5.74, 6) is 0. The number of nitrogens with two attached hydrogens (primary N) is 1. The number of hydrogen-bond acceptors (Lipinski definition) is 2. The Morgan fingerprint density at radius 1 is 1.00 bits per heavy atom. The van der Waals surface area contributed by atoms with Gasteiger partial charge in [-0.15, -0.1) is 0 Å². The number of hydrogen-bond donors (Lipinski definition) is 2. The van der Waals surface area contributed by atoms with Crippen molar-refractivity contribution >= 4 is 5.69 Å². The lowest BCUT2D eigenvalue weighted by molar-refractivity contribution is 0.407. The molecular formula is C16H18N2. The van der Waals surface area contributed by atoms with Crippen LogP contribution in [0.1, 0.15) is 17.5 Å². The van der Waals surface area contributed by atoms with Crippen LogP contribution in [0.4, 0.5) is 5.69 Å². The van der Waals surface area contributed by atoms with E-state index in [2.05, 4.69) is 53.8 Å². The highest BCUT2D eigenvalue weighted by Gasteiger charge is 2.32. The maximum Gasteiger partial charge on any atom is 0.0487 e. The molecule has 1 atom stereocenters. The summed E-state index contributed by atoms with van der Waals surface area (Å²) in [5.41, 5.74) is 10.1. The van der Waals surface area contributed by atoms with Gasteiger partial charge in [-0.2, -0.15) is 0 Å². The molecule has 3 rings (SSSR count). The highest BCUT2D eigenvalue weighted by molar-refractivity contribution is 5.56. The van der Waals surface area contributed by atoms with Crippen LogP contribution in [0.15, 0.2) is 54.6 Å². The van der Waals surface area contributed by atoms with Crippen molar-refractivity contribution in [2.75, 3.05) is 11.9 Å². The third-order valence-electron chi connectivity index (χ3n) is 3.71. The standard InChI is InChI=1S/C16H18N2/c17-16(12-13-6-2-1-3-7-13)10-11-18-15-9-5-4-8-14(15)16/h1-9,18H,10-12,17H2. The van der Waals surface area contributed by atoms with Gasteiger partial charge in [0.15, 0.2) is 0 Å². The van der Waals surface area contributed by atoms with Gasteiger partial charge >= 0.3 is 0 Å². The van der Waals surface area contributed by atoms with Crippen LogP contribution in [-0.2, 0) is 12.0 Å². The fourth-order valence-corrected chi connectivity index (χ4v) is 2.77. The van der Waals surface area contributed by atoms with Gasteiger partial charge in [-0.05, 0) is 30.0 Å². The molecule has 2 aromatic carbocycles. The molecule has 1 unspecified atom stereocenters. The molecule has 0 amide bonds. The normalized spacial score (nSPS) is 22.1. The van der Waals surface area contributed by atoms with E-state index in [0.717, 1.165) is 19.4 Å². The maximum atomic E-state index is 6.66. The molecule has 0 aromatic heterocycles. The summed E-state index contributed by atoms with van der Waals surface area (Å²) in [6.07, 6.45) is 1.87. The van der Waals surface area contributed by atoms with Gasteiger partial charge in [-0.3, -0.25) is 0 Å². The van der Waals surface area contributed by atoms with Gasteiger partial charge in [-0.1, -0.05) is 48.5 Å². The van der Waals surface area contributed by atoms with E-state index in [-0.39, 0.29) is 5.54 Å². The molecule has 0 spiro atoms. The van der Waals surface area contributed by atoms with Gasteiger partial charge in [0.1, 0.15) is 0 Å². The number of anilines is 1. The Morgan fingerprint density at radius 3 is 2.56 bits per heavy atom. The van der Waals surface area contributed by atoms with Crippen molar-refractivity contribution in [2.45, 2.75) is 18.4 Å². The van der Waals surface area contributed by atoms with Crippen molar-refractivity contribution in [2.24, 2.45) is 5.73 Å². The molecule has 0 saturated carbocycles. The summed E-state index contributed by atoms with van der Waals surface area (Å²) >= 11 is 0. The molecule has 2 nitrogen and oxygen atoms in total. The fraction of sp³-hybridized carbons (Fsp3) is 0.250. The molecule has 2 heteroatoms. The summed E-state index contributed by atoms with van der Waals surface area (Å²) in [4.78, 5) is 0. The van der Waals surface area contributed by atoms with E-state index < -0.39 is 0 Å². The molecule has 1 aliphatic heterocycles. The maximum absolute atomic E-state index is 6.66. The predicted molar refractivity (Wildman–Crippen MR) is 75.6 cm³/mol. The summed E-state index contributed by atoms with van der Waals surface area (Å²) in [7, 11) is 0. The van der Waals surface area contributed by atoms with Crippen LogP contribution in [0, 0.1) is 0 Å². The third kappa shape index (κ3) is 2.00. The van der Waals surface area contributed by atoms with Crippen LogP contribution in [0.2, 0.25) is 0 Å². The van der Waals surface area contributed by atoms with Gasteiger partial charge in [0.05, 0.1) is 0 Å². The largest absolute Gasteiger partial charge is 0.385 e. The Kier molecular flexibility index (Phi) is 2.80. The minimum Gasteiger partial charge on any atom is -0.385 e. The van der Waals surface area contributed by atoms with Gasteiger partial charge in [0, 0.05) is 17.8 Å². The van der Waals surface area contributed by atoms with Gasteiger partial charge < -0.3 is 11.1 Å². The Morgan fingerprint density at radius 2 is 1.72 bits per heavy atom. The first-order valence-electron chi connectivity index (χ1n) is 6.44. The summed E-state index contributed by atoms with van der Waals surface area (Å²) in [6, 6.07) is 18.9. The van der Waals surface area contributed by atoms with Gasteiger partial charge in [-0.25, -0.2) is 0 Å². The average molecular weight is 238 g/mol. The second-order valence-electron chi connectivity index (χ2n) is 5.04. The number of nitrogens with one attached hydrogen (secondary N) is 1. The molecule has 0 bridgehead atoms. The van der Waals surface area contributed by atoms with E-state index >= 15 is 0 Å². The minimum atomic E-state index is -0.247. The smallest absolute Gasteiger partial charge is 0.0487 e. The van der Waals surface area contributed by atoms with E-state index in [9.17, 15) is 0 Å². The molecular weight excluding hydrogens is 220 g/mol. The second-order valence-corrected chi connectivity index (χ2v) is 5.04. The van der Waals surface area contributed by atoms with Crippen molar-refractivity contribution in [1.82, 2.24) is 0 Å². The van der Waals surface area contributed by atoms with Crippen LogP contribution < -0.4 is 11.1 Å². The summed E-state index contributed by atoms with van der Waals surface area (Å²) in [6.45, 7) is 0.945. The average Bonchev–Trinajstić information content (AvgIpc) is 2.40. The highest BCUT2D eigenvalue weighted by atomic mass is 14.9. The Hall–Kier alpha value is -1.80. The minimum absolute atomic E-state index is 0.247. The first-order valence-corrected chi connectivity index (χ1v) is 6.44. The van der Waals surface area contributed by atoms with Crippen LogP contribution in [-0.4, -0.2) is 6.54 Å². The monoisotopic (exact) mass is 238 g/mol. The molecule has 3 N–H and O–H groups in total. The third-order valence-corrected chi connectivity index (χ3v) is 3.71. The lowest BCUT2D eigenvalue weighted by Crippen LogP contribution is -2.44.